The molecule has 0 bridgehead atoms. The van der Waals surface area contributed by atoms with Gasteiger partial charge in [-0.2, -0.15) is 0 Å². The van der Waals surface area contributed by atoms with Crippen molar-refractivity contribution in [1.29, 1.82) is 0 Å². The van der Waals surface area contributed by atoms with Crippen LogP contribution in [0.25, 0.3) is 0 Å². The number of aliphatic carboxylic acids is 1. The number of amides is 1. The van der Waals surface area contributed by atoms with Crippen LogP contribution in [0.5, 0.6) is 0 Å². The van der Waals surface area contributed by atoms with Crippen LogP contribution in [-0.4, -0.2) is 52.3 Å². The van der Waals surface area contributed by atoms with Gasteiger partial charge < -0.3 is 15.2 Å². The van der Waals surface area contributed by atoms with Crippen LogP contribution in [0.3, 0.4) is 0 Å². The lowest BCUT2D eigenvalue weighted by Gasteiger charge is -2.33. The molecule has 1 saturated heterocycles. The number of carboxylic acids is 1. The molecule has 1 fully saturated rings. The summed E-state index contributed by atoms with van der Waals surface area (Å²) in [5.41, 5.74) is -0.590. The predicted octanol–water partition coefficient (Wildman–Crippen LogP) is 2.81. The van der Waals surface area contributed by atoms with Crippen molar-refractivity contribution in [1.82, 2.24) is 10.2 Å². The standard InChI is InChI=1S/C18H30N2O4/c1-7-12(3)14(19-17(23)24-18(4,5)6)11-20-13(8-2)9-10-15(20)16(21)22/h7-8,12-15H,1-2,9-11H2,3-6H3,(H,19,23)(H,21,22)/t12-,13?,14-,15?/m1/s1. The van der Waals surface area contributed by atoms with Crippen LogP contribution in [0.1, 0.15) is 40.5 Å². The molecule has 6 heteroatoms. The molecule has 1 aliphatic heterocycles. The molecular formula is C18H30N2O4. The van der Waals surface area contributed by atoms with E-state index in [0.29, 0.717) is 13.0 Å². The van der Waals surface area contributed by atoms with Crippen LogP contribution in [-0.2, 0) is 9.53 Å². The average molecular weight is 338 g/mol. The third kappa shape index (κ3) is 5.67. The van der Waals surface area contributed by atoms with Crippen molar-refractivity contribution < 1.29 is 19.4 Å². The van der Waals surface area contributed by atoms with Gasteiger partial charge in [0.2, 0.25) is 0 Å². The van der Waals surface area contributed by atoms with Crippen molar-refractivity contribution in [2.75, 3.05) is 6.54 Å². The minimum Gasteiger partial charge on any atom is -0.480 e. The van der Waals surface area contributed by atoms with E-state index in [-0.39, 0.29) is 18.0 Å². The number of ether oxygens (including phenoxy) is 1. The second-order valence-electron chi connectivity index (χ2n) is 7.28. The number of hydrogen-bond donors (Lipinski definition) is 2. The van der Waals surface area contributed by atoms with Gasteiger partial charge in [-0.05, 0) is 39.5 Å². The number of likely N-dealkylation sites (tertiary alicyclic amines) is 1. The summed E-state index contributed by atoms with van der Waals surface area (Å²) in [5.74, 6) is -0.875. The summed E-state index contributed by atoms with van der Waals surface area (Å²) in [6.07, 6.45) is 4.33. The number of rotatable bonds is 7. The molecule has 0 aromatic rings. The number of nitrogens with one attached hydrogen (secondary N) is 1. The van der Waals surface area contributed by atoms with Crippen molar-refractivity contribution in [3.8, 4) is 0 Å². The maximum absolute atomic E-state index is 12.1. The molecule has 0 saturated carbocycles. The van der Waals surface area contributed by atoms with Crippen LogP contribution >= 0.6 is 0 Å². The first-order valence-corrected chi connectivity index (χ1v) is 8.32. The predicted molar refractivity (Wildman–Crippen MR) is 93.9 cm³/mol. The Hall–Kier alpha value is -1.82. The van der Waals surface area contributed by atoms with Crippen LogP contribution in [0, 0.1) is 5.92 Å². The summed E-state index contributed by atoms with van der Waals surface area (Å²) in [6.45, 7) is 15.3. The lowest BCUT2D eigenvalue weighted by molar-refractivity contribution is -0.142. The molecule has 1 rings (SSSR count). The molecule has 0 radical (unpaired) electrons. The van der Waals surface area contributed by atoms with E-state index >= 15 is 0 Å². The first-order chi connectivity index (χ1) is 11.1. The molecular weight excluding hydrogens is 308 g/mol. The maximum atomic E-state index is 12.1. The Kier molecular flexibility index (Phi) is 7.02. The van der Waals surface area contributed by atoms with Gasteiger partial charge in [-0.1, -0.05) is 19.1 Å². The minimum atomic E-state index is -0.846. The highest BCUT2D eigenvalue weighted by Crippen LogP contribution is 2.26. The van der Waals surface area contributed by atoms with E-state index in [0.717, 1.165) is 6.42 Å². The molecule has 136 valence electrons. The highest BCUT2D eigenvalue weighted by atomic mass is 16.6. The molecule has 0 spiro atoms. The summed E-state index contributed by atoms with van der Waals surface area (Å²) >= 11 is 0. The smallest absolute Gasteiger partial charge is 0.407 e. The second kappa shape index (κ2) is 8.33. The Morgan fingerprint density at radius 2 is 2.00 bits per heavy atom. The van der Waals surface area contributed by atoms with Crippen LogP contribution in [0.2, 0.25) is 0 Å². The Labute approximate surface area is 144 Å². The Balaban J connectivity index is 2.87. The van der Waals surface area contributed by atoms with E-state index in [4.69, 9.17) is 4.74 Å². The Morgan fingerprint density at radius 1 is 1.38 bits per heavy atom. The van der Waals surface area contributed by atoms with Crippen LogP contribution < -0.4 is 5.32 Å². The second-order valence-corrected chi connectivity index (χ2v) is 7.28. The van der Waals surface area contributed by atoms with Crippen molar-refractivity contribution in [2.45, 2.75) is 64.3 Å². The van der Waals surface area contributed by atoms with Gasteiger partial charge in [0.15, 0.2) is 0 Å². The number of nitrogens with zero attached hydrogens (tertiary/aromatic N) is 1. The fraction of sp³-hybridized carbons (Fsp3) is 0.667. The molecule has 0 aromatic carbocycles. The molecule has 0 aromatic heterocycles. The average Bonchev–Trinajstić information content (AvgIpc) is 2.86. The van der Waals surface area contributed by atoms with E-state index in [9.17, 15) is 14.7 Å². The number of carbonyl (C=O) groups excluding carboxylic acids is 1. The Bertz CT molecular complexity index is 484. The van der Waals surface area contributed by atoms with E-state index in [1.807, 2.05) is 11.8 Å². The van der Waals surface area contributed by atoms with E-state index < -0.39 is 23.7 Å². The van der Waals surface area contributed by atoms with Gasteiger partial charge in [0.1, 0.15) is 11.6 Å². The van der Waals surface area contributed by atoms with E-state index in [1.54, 1.807) is 32.9 Å². The topological polar surface area (TPSA) is 78.9 Å². The maximum Gasteiger partial charge on any atom is 0.407 e. The zero-order valence-corrected chi connectivity index (χ0v) is 15.1. The quantitative estimate of drug-likeness (QED) is 0.698. The number of carboxylic acid groups (broad SMARTS) is 1. The molecule has 0 aliphatic carbocycles. The SMILES string of the molecule is C=CC1CCC(C(=O)O)N1C[C@@H](NC(=O)OC(C)(C)C)[C@H](C)C=C. The van der Waals surface area contributed by atoms with Crippen molar-refractivity contribution in [3.63, 3.8) is 0 Å². The van der Waals surface area contributed by atoms with Crippen molar-refractivity contribution in [3.05, 3.63) is 25.3 Å². The molecule has 4 atom stereocenters. The molecule has 6 nitrogen and oxygen atoms in total. The van der Waals surface area contributed by atoms with Crippen LogP contribution in [0.4, 0.5) is 4.79 Å². The highest BCUT2D eigenvalue weighted by molar-refractivity contribution is 5.74. The lowest BCUT2D eigenvalue weighted by atomic mass is 10.0. The molecule has 2 N–H and O–H groups in total. The molecule has 1 amide bonds. The van der Waals surface area contributed by atoms with Crippen LogP contribution in [0.15, 0.2) is 25.3 Å². The van der Waals surface area contributed by atoms with Gasteiger partial charge >= 0.3 is 12.1 Å². The highest BCUT2D eigenvalue weighted by Gasteiger charge is 2.38. The minimum absolute atomic E-state index is 0.00829. The zero-order valence-electron chi connectivity index (χ0n) is 15.1. The summed E-state index contributed by atoms with van der Waals surface area (Å²) in [6, 6.07) is -0.862. The largest absolute Gasteiger partial charge is 0.480 e. The fourth-order valence-corrected chi connectivity index (χ4v) is 2.87. The van der Waals surface area contributed by atoms with Gasteiger partial charge in [0, 0.05) is 12.6 Å². The third-order valence-electron chi connectivity index (χ3n) is 4.24. The third-order valence-corrected chi connectivity index (χ3v) is 4.24. The van der Waals surface area contributed by atoms with Gasteiger partial charge in [0.25, 0.3) is 0 Å². The molecule has 1 aliphatic rings. The monoisotopic (exact) mass is 338 g/mol. The normalized spacial score (nSPS) is 24.0. The molecule has 2 unspecified atom stereocenters. The number of alkyl carbamates (subject to hydrolysis) is 1. The first kappa shape index (κ1) is 20.2. The molecule has 24 heavy (non-hydrogen) atoms. The van der Waals surface area contributed by atoms with E-state index in [1.165, 1.54) is 0 Å². The van der Waals surface area contributed by atoms with Gasteiger partial charge in [-0.3, -0.25) is 9.69 Å². The first-order valence-electron chi connectivity index (χ1n) is 8.32. The summed E-state index contributed by atoms with van der Waals surface area (Å²) in [4.78, 5) is 25.5. The van der Waals surface area contributed by atoms with E-state index in [2.05, 4.69) is 18.5 Å². The number of carbonyl (C=O) groups is 2. The van der Waals surface area contributed by atoms with Gasteiger partial charge in [0.05, 0.1) is 6.04 Å². The molecule has 1 heterocycles. The van der Waals surface area contributed by atoms with Gasteiger partial charge in [-0.25, -0.2) is 4.79 Å². The van der Waals surface area contributed by atoms with Gasteiger partial charge in [-0.15, -0.1) is 13.2 Å². The zero-order chi connectivity index (χ0) is 18.5. The lowest BCUT2D eigenvalue weighted by Crippen LogP contribution is -2.52. The summed E-state index contributed by atoms with van der Waals surface area (Å²) in [5, 5.41) is 12.3. The fourth-order valence-electron chi connectivity index (χ4n) is 2.87. The van der Waals surface area contributed by atoms with Crippen molar-refractivity contribution in [2.24, 2.45) is 5.92 Å². The van der Waals surface area contributed by atoms with Crippen molar-refractivity contribution >= 4 is 12.1 Å². The Morgan fingerprint density at radius 3 is 2.46 bits per heavy atom. The number of hydrogen-bond acceptors (Lipinski definition) is 4. The summed E-state index contributed by atoms with van der Waals surface area (Å²) < 4.78 is 5.32. The summed E-state index contributed by atoms with van der Waals surface area (Å²) in [7, 11) is 0.